The second-order valence-corrected chi connectivity index (χ2v) is 9.36. The van der Waals surface area contributed by atoms with Gasteiger partial charge in [0.2, 0.25) is 5.91 Å². The number of aromatic amines is 1. The summed E-state index contributed by atoms with van der Waals surface area (Å²) >= 11 is 0. The van der Waals surface area contributed by atoms with Crippen LogP contribution in [-0.2, 0) is 17.8 Å². The molecule has 1 aliphatic rings. The Balaban J connectivity index is 1.25. The summed E-state index contributed by atoms with van der Waals surface area (Å²) in [5.41, 5.74) is 5.25. The Labute approximate surface area is 210 Å². The molecule has 2 N–H and O–H groups in total. The van der Waals surface area contributed by atoms with Crippen molar-refractivity contribution in [2.45, 2.75) is 38.6 Å². The molecule has 1 aromatic heterocycles. The molecule has 36 heavy (non-hydrogen) atoms. The molecule has 0 aliphatic carbocycles. The maximum absolute atomic E-state index is 14.0. The highest BCUT2D eigenvalue weighted by molar-refractivity contribution is 5.94. The van der Waals surface area contributed by atoms with Gasteiger partial charge in [0.15, 0.2) is 0 Å². The van der Waals surface area contributed by atoms with E-state index in [0.717, 1.165) is 59.2 Å². The van der Waals surface area contributed by atoms with Gasteiger partial charge in [0.1, 0.15) is 5.82 Å². The molecule has 0 radical (unpaired) electrons. The van der Waals surface area contributed by atoms with Crippen LogP contribution in [0.15, 0.2) is 72.8 Å². The zero-order chi connectivity index (χ0) is 24.9. The fourth-order valence-corrected chi connectivity index (χ4v) is 4.95. The minimum Gasteiger partial charge on any atom is -0.354 e. The molecule has 0 saturated carbocycles. The van der Waals surface area contributed by atoms with Crippen LogP contribution in [0, 0.1) is 5.82 Å². The van der Waals surface area contributed by atoms with Crippen LogP contribution >= 0.6 is 0 Å². The molecule has 2 heterocycles. The number of hydrogen-bond acceptors (Lipinski definition) is 2. The molecule has 1 fully saturated rings. The Morgan fingerprint density at radius 2 is 1.72 bits per heavy atom. The van der Waals surface area contributed by atoms with Gasteiger partial charge in [0, 0.05) is 48.2 Å². The molecule has 3 aromatic carbocycles. The van der Waals surface area contributed by atoms with Gasteiger partial charge in [-0.2, -0.15) is 0 Å². The Morgan fingerprint density at radius 3 is 2.53 bits per heavy atom. The van der Waals surface area contributed by atoms with E-state index < -0.39 is 0 Å². The van der Waals surface area contributed by atoms with Crippen molar-refractivity contribution in [3.05, 3.63) is 95.3 Å². The molecular formula is C30H30FN3O2. The van der Waals surface area contributed by atoms with Crippen LogP contribution in [0.5, 0.6) is 0 Å². The number of amides is 2. The fraction of sp³-hybridized carbons (Fsp3) is 0.267. The predicted molar refractivity (Wildman–Crippen MR) is 140 cm³/mol. The number of aryl methyl sites for hydroxylation is 1. The predicted octanol–water partition coefficient (Wildman–Crippen LogP) is 5.85. The van der Waals surface area contributed by atoms with Gasteiger partial charge in [-0.05, 0) is 72.7 Å². The molecule has 0 atom stereocenters. The number of fused-ring (bicyclic) bond motifs is 1. The third-order valence-electron chi connectivity index (χ3n) is 6.84. The Bertz CT molecular complexity index is 1370. The van der Waals surface area contributed by atoms with Crippen LogP contribution in [-0.4, -0.2) is 34.8 Å². The van der Waals surface area contributed by atoms with Crippen LogP contribution in [0.1, 0.15) is 47.2 Å². The zero-order valence-electron chi connectivity index (χ0n) is 20.2. The average Bonchev–Trinajstić information content (AvgIpc) is 3.29. The van der Waals surface area contributed by atoms with Gasteiger partial charge >= 0.3 is 0 Å². The van der Waals surface area contributed by atoms with E-state index in [0.29, 0.717) is 18.5 Å². The number of likely N-dealkylation sites (tertiary alicyclic amines) is 1. The van der Waals surface area contributed by atoms with Crippen LogP contribution in [0.3, 0.4) is 0 Å². The maximum Gasteiger partial charge on any atom is 0.253 e. The van der Waals surface area contributed by atoms with Gasteiger partial charge in [-0.3, -0.25) is 9.59 Å². The lowest BCUT2D eigenvalue weighted by molar-refractivity contribution is -0.121. The van der Waals surface area contributed by atoms with E-state index in [4.69, 9.17) is 0 Å². The summed E-state index contributed by atoms with van der Waals surface area (Å²) in [7, 11) is 0. The highest BCUT2D eigenvalue weighted by Crippen LogP contribution is 2.31. The van der Waals surface area contributed by atoms with Crippen molar-refractivity contribution in [2.24, 2.45) is 0 Å². The van der Waals surface area contributed by atoms with E-state index in [9.17, 15) is 14.0 Å². The van der Waals surface area contributed by atoms with E-state index in [1.807, 2.05) is 59.5 Å². The summed E-state index contributed by atoms with van der Waals surface area (Å²) in [6.45, 7) is 1.97. The first-order chi connectivity index (χ1) is 17.6. The van der Waals surface area contributed by atoms with Crippen LogP contribution in [0.2, 0.25) is 0 Å². The zero-order valence-corrected chi connectivity index (χ0v) is 20.2. The van der Waals surface area contributed by atoms with Gasteiger partial charge in [-0.25, -0.2) is 4.39 Å². The summed E-state index contributed by atoms with van der Waals surface area (Å²) in [5.74, 6) is -0.332. The third-order valence-corrected chi connectivity index (χ3v) is 6.84. The number of hydrogen-bond donors (Lipinski definition) is 2. The number of piperidine rings is 1. The highest BCUT2D eigenvalue weighted by Gasteiger charge is 2.19. The van der Waals surface area contributed by atoms with Gasteiger partial charge in [-0.15, -0.1) is 0 Å². The van der Waals surface area contributed by atoms with E-state index in [1.165, 1.54) is 18.6 Å². The first-order valence-electron chi connectivity index (χ1n) is 12.6. The molecule has 5 rings (SSSR count). The number of nitrogens with one attached hydrogen (secondary N) is 2. The van der Waals surface area contributed by atoms with Crippen LogP contribution in [0.25, 0.3) is 22.2 Å². The maximum atomic E-state index is 14.0. The van der Waals surface area contributed by atoms with E-state index in [-0.39, 0.29) is 24.1 Å². The van der Waals surface area contributed by atoms with E-state index >= 15 is 0 Å². The first kappa shape index (κ1) is 23.8. The van der Waals surface area contributed by atoms with Crippen LogP contribution < -0.4 is 5.32 Å². The molecule has 4 aromatic rings. The Hall–Kier alpha value is -3.93. The highest BCUT2D eigenvalue weighted by atomic mass is 19.1. The smallest absolute Gasteiger partial charge is 0.253 e. The average molecular weight is 484 g/mol. The molecular weight excluding hydrogens is 453 g/mol. The summed E-state index contributed by atoms with van der Waals surface area (Å²) < 4.78 is 14.0. The number of H-pyrrole nitrogens is 1. The lowest BCUT2D eigenvalue weighted by Gasteiger charge is -2.26. The third kappa shape index (κ3) is 5.33. The van der Waals surface area contributed by atoms with Crippen molar-refractivity contribution in [2.75, 3.05) is 13.1 Å². The lowest BCUT2D eigenvalue weighted by atomic mass is 10.0. The minimum absolute atomic E-state index is 0.0582. The molecule has 0 bridgehead atoms. The van der Waals surface area contributed by atoms with Crippen molar-refractivity contribution < 1.29 is 14.0 Å². The van der Waals surface area contributed by atoms with Crippen molar-refractivity contribution in [1.29, 1.82) is 0 Å². The number of carbonyl (C=O) groups is 2. The number of rotatable bonds is 7. The largest absolute Gasteiger partial charge is 0.354 e. The number of halogens is 1. The molecule has 1 aliphatic heterocycles. The number of aromatic nitrogens is 1. The number of nitrogens with zero attached hydrogens (tertiary/aromatic N) is 1. The SMILES string of the molecule is O=C(CCc1c(-c2ccccc2)[nH]c2ccc(F)cc12)NCc1cccc(C(=O)N2CCCCC2)c1. The monoisotopic (exact) mass is 483 g/mol. The van der Waals surface area contributed by atoms with E-state index in [2.05, 4.69) is 10.3 Å². The number of benzene rings is 3. The van der Waals surface area contributed by atoms with Gasteiger partial charge < -0.3 is 15.2 Å². The second kappa shape index (κ2) is 10.8. The molecule has 0 unspecified atom stereocenters. The van der Waals surface area contributed by atoms with Crippen molar-refractivity contribution in [3.8, 4) is 11.3 Å². The Morgan fingerprint density at radius 1 is 0.917 bits per heavy atom. The molecule has 2 amide bonds. The second-order valence-electron chi connectivity index (χ2n) is 9.36. The summed E-state index contributed by atoms with van der Waals surface area (Å²) in [6, 6.07) is 22.1. The Kier molecular flexibility index (Phi) is 7.12. The lowest BCUT2D eigenvalue weighted by Crippen LogP contribution is -2.35. The number of carbonyl (C=O) groups excluding carboxylic acids is 2. The van der Waals surface area contributed by atoms with Gasteiger partial charge in [0.05, 0.1) is 0 Å². The fourth-order valence-electron chi connectivity index (χ4n) is 4.95. The molecule has 1 saturated heterocycles. The quantitative estimate of drug-likeness (QED) is 0.346. The van der Waals surface area contributed by atoms with Crippen molar-refractivity contribution in [3.63, 3.8) is 0 Å². The molecule has 184 valence electrons. The standard InChI is InChI=1S/C30H30FN3O2/c31-24-12-14-27-26(19-24)25(29(33-27)22-9-3-1-4-10-22)13-15-28(35)32-20-21-8-7-11-23(18-21)30(36)34-16-5-2-6-17-34/h1,3-4,7-12,14,18-19,33H,2,5-6,13,15-17,20H2,(H,32,35). The van der Waals surface area contributed by atoms with Crippen LogP contribution in [0.4, 0.5) is 4.39 Å². The summed E-state index contributed by atoms with van der Waals surface area (Å²) in [6.07, 6.45) is 4.03. The summed E-state index contributed by atoms with van der Waals surface area (Å²) in [5, 5.41) is 3.77. The van der Waals surface area contributed by atoms with Crippen molar-refractivity contribution >= 4 is 22.7 Å². The first-order valence-corrected chi connectivity index (χ1v) is 12.6. The van der Waals surface area contributed by atoms with Crippen molar-refractivity contribution in [1.82, 2.24) is 15.2 Å². The van der Waals surface area contributed by atoms with Gasteiger partial charge in [0.25, 0.3) is 5.91 Å². The normalized spacial score (nSPS) is 13.6. The minimum atomic E-state index is -0.300. The van der Waals surface area contributed by atoms with E-state index in [1.54, 1.807) is 6.07 Å². The summed E-state index contributed by atoms with van der Waals surface area (Å²) in [4.78, 5) is 30.9. The molecule has 0 spiro atoms. The molecule has 6 heteroatoms. The topological polar surface area (TPSA) is 65.2 Å². The van der Waals surface area contributed by atoms with Gasteiger partial charge in [-0.1, -0.05) is 42.5 Å². The molecule has 5 nitrogen and oxygen atoms in total.